The molecule has 18 heteroatoms. The Morgan fingerprint density at radius 2 is 1.16 bits per heavy atom. The summed E-state index contributed by atoms with van der Waals surface area (Å²) in [4.78, 5) is 82.3. The van der Waals surface area contributed by atoms with E-state index in [0.717, 1.165) is 64.0 Å². The van der Waals surface area contributed by atoms with Gasteiger partial charge in [-0.25, -0.2) is 29.5 Å². The monoisotopic (exact) mass is 994 g/mol. The summed E-state index contributed by atoms with van der Waals surface area (Å²) in [6, 6.07) is 34.9. The minimum Gasteiger partial charge on any atom is -0.453 e. The number of likely N-dealkylation sites (tertiary alicyclic amines) is 2. The van der Waals surface area contributed by atoms with Crippen molar-refractivity contribution in [3.8, 4) is 33.6 Å². The van der Waals surface area contributed by atoms with Crippen LogP contribution in [0, 0.1) is 0 Å². The van der Waals surface area contributed by atoms with Crippen LogP contribution in [0.5, 0.6) is 0 Å². The zero-order chi connectivity index (χ0) is 51.2. The number of nitrogens with zero attached hydrogens (tertiary/aromatic N) is 8. The van der Waals surface area contributed by atoms with E-state index >= 15 is 0 Å². The van der Waals surface area contributed by atoms with Crippen molar-refractivity contribution in [1.82, 2.24) is 54.2 Å². The van der Waals surface area contributed by atoms with Crippen molar-refractivity contribution < 1.29 is 28.7 Å². The third-order valence-corrected chi connectivity index (χ3v) is 13.9. The van der Waals surface area contributed by atoms with Gasteiger partial charge in [0.05, 0.1) is 67.0 Å². The van der Waals surface area contributed by atoms with Crippen LogP contribution < -0.4 is 11.1 Å². The Balaban J connectivity index is 0.772. The minimum atomic E-state index is -1.58. The summed E-state index contributed by atoms with van der Waals surface area (Å²) in [7, 11) is 1.28. The molecule has 4 atom stereocenters. The van der Waals surface area contributed by atoms with Gasteiger partial charge in [0.15, 0.2) is 5.60 Å². The number of carbonyl (C=O) groups is 4. The van der Waals surface area contributed by atoms with Crippen molar-refractivity contribution in [2.45, 2.75) is 82.3 Å². The molecule has 10 rings (SSSR count). The number of nitrogens with two attached hydrogens (primary N) is 1. The molecule has 4 aromatic carbocycles. The lowest BCUT2D eigenvalue weighted by Gasteiger charge is -2.33. The summed E-state index contributed by atoms with van der Waals surface area (Å²) >= 11 is 0. The SMILES string of the molecule is COC(=O)N[C@@H](Cc1cn(Cc2ccccc2)cn1)C(=O)N1CCCC1c1ncc(-c2ccc(-c3ccc(-c4cnc([C@@H]5CCCN5C(=O)[C@](C)(Cc5cn(Cc6ccccc6)cn5)OC(N)=O)[nH]4)cc3)cc2)[nH]1. The van der Waals surface area contributed by atoms with Crippen LogP contribution in [0.3, 0.4) is 0 Å². The number of imidazole rings is 4. The summed E-state index contributed by atoms with van der Waals surface area (Å²) in [5.41, 5.74) is 13.0. The van der Waals surface area contributed by atoms with Crippen LogP contribution in [0.1, 0.15) is 78.9 Å². The maximum atomic E-state index is 14.4. The second kappa shape index (κ2) is 21.5. The molecule has 18 nitrogen and oxygen atoms in total. The highest BCUT2D eigenvalue weighted by atomic mass is 16.6. The molecular formula is C56H58N12O6. The van der Waals surface area contributed by atoms with Crippen molar-refractivity contribution in [3.05, 3.63) is 181 Å². The van der Waals surface area contributed by atoms with E-state index in [-0.39, 0.29) is 36.7 Å². The Bertz CT molecular complexity index is 3220. The predicted octanol–water partition coefficient (Wildman–Crippen LogP) is 8.01. The molecule has 378 valence electrons. The van der Waals surface area contributed by atoms with E-state index in [2.05, 4.69) is 49.5 Å². The number of rotatable bonds is 17. The number of ether oxygens (including phenoxy) is 2. The molecule has 2 aliphatic rings. The van der Waals surface area contributed by atoms with Crippen LogP contribution in [0.4, 0.5) is 9.59 Å². The Hall–Kier alpha value is -8.80. The Morgan fingerprint density at radius 1 is 0.676 bits per heavy atom. The number of aromatic nitrogens is 8. The van der Waals surface area contributed by atoms with Crippen LogP contribution in [-0.2, 0) is 45.0 Å². The van der Waals surface area contributed by atoms with Crippen LogP contribution in [0.25, 0.3) is 33.6 Å². The van der Waals surface area contributed by atoms with E-state index in [1.54, 1.807) is 41.8 Å². The van der Waals surface area contributed by atoms with Gasteiger partial charge in [-0.1, -0.05) is 109 Å². The van der Waals surface area contributed by atoms with Gasteiger partial charge in [0.1, 0.15) is 17.7 Å². The molecule has 0 radical (unpaired) electrons. The normalized spacial score (nSPS) is 16.7. The molecule has 4 amide bonds. The lowest BCUT2D eigenvalue weighted by Crippen LogP contribution is -2.52. The quantitative estimate of drug-likeness (QED) is 0.0688. The molecule has 0 aliphatic carbocycles. The third-order valence-electron chi connectivity index (χ3n) is 13.9. The molecule has 0 bridgehead atoms. The summed E-state index contributed by atoms with van der Waals surface area (Å²) in [6.07, 6.45) is 12.3. The lowest BCUT2D eigenvalue weighted by atomic mass is 9.97. The first-order valence-corrected chi connectivity index (χ1v) is 24.8. The molecule has 0 saturated carbocycles. The molecule has 74 heavy (non-hydrogen) atoms. The van der Waals surface area contributed by atoms with E-state index in [1.807, 2.05) is 106 Å². The number of hydrogen-bond acceptors (Lipinski definition) is 10. The molecule has 1 unspecified atom stereocenters. The molecule has 2 aliphatic heterocycles. The lowest BCUT2D eigenvalue weighted by molar-refractivity contribution is -0.150. The van der Waals surface area contributed by atoms with Crippen molar-refractivity contribution in [1.29, 1.82) is 0 Å². The number of amides is 4. The summed E-state index contributed by atoms with van der Waals surface area (Å²) in [5.74, 6) is 0.739. The minimum absolute atomic E-state index is 0.0533. The van der Waals surface area contributed by atoms with E-state index in [1.165, 1.54) is 7.11 Å². The molecular weight excluding hydrogens is 937 g/mol. The predicted molar refractivity (Wildman–Crippen MR) is 276 cm³/mol. The first-order valence-electron chi connectivity index (χ1n) is 24.8. The zero-order valence-corrected chi connectivity index (χ0v) is 41.3. The number of nitrogens with one attached hydrogen (secondary N) is 3. The Labute approximate surface area is 428 Å². The molecule has 2 fully saturated rings. The molecule has 4 aromatic heterocycles. The summed E-state index contributed by atoms with van der Waals surface area (Å²) in [6.45, 7) is 3.83. The van der Waals surface area contributed by atoms with Gasteiger partial charge in [-0.3, -0.25) is 9.59 Å². The highest BCUT2D eigenvalue weighted by Crippen LogP contribution is 2.36. The maximum absolute atomic E-state index is 14.4. The van der Waals surface area contributed by atoms with Crippen LogP contribution in [0.2, 0.25) is 0 Å². The largest absolute Gasteiger partial charge is 0.453 e. The van der Waals surface area contributed by atoms with Crippen LogP contribution in [-0.4, -0.2) is 105 Å². The van der Waals surface area contributed by atoms with Crippen molar-refractivity contribution in [2.75, 3.05) is 20.2 Å². The topological polar surface area (TPSA) is 224 Å². The zero-order valence-electron chi connectivity index (χ0n) is 41.3. The van der Waals surface area contributed by atoms with Gasteiger partial charge in [-0.15, -0.1) is 0 Å². The number of H-pyrrole nitrogens is 2. The number of hydrogen-bond donors (Lipinski definition) is 4. The van der Waals surface area contributed by atoms with Gasteiger partial charge >= 0.3 is 12.2 Å². The summed E-state index contributed by atoms with van der Waals surface area (Å²) in [5, 5.41) is 2.75. The van der Waals surface area contributed by atoms with E-state index in [0.29, 0.717) is 55.6 Å². The molecule has 8 aromatic rings. The van der Waals surface area contributed by atoms with Crippen molar-refractivity contribution in [3.63, 3.8) is 0 Å². The van der Waals surface area contributed by atoms with Gasteiger partial charge < -0.3 is 49.4 Å². The average Bonchev–Trinajstić information content (AvgIpc) is 4.29. The number of carbonyl (C=O) groups excluding carboxylic acids is 4. The van der Waals surface area contributed by atoms with Gasteiger partial charge in [-0.2, -0.15) is 0 Å². The number of methoxy groups -OCH3 is 1. The molecule has 0 spiro atoms. The number of primary amides is 1. The van der Waals surface area contributed by atoms with Crippen LogP contribution in [0.15, 0.2) is 147 Å². The molecule has 6 heterocycles. The van der Waals surface area contributed by atoms with E-state index < -0.39 is 23.8 Å². The van der Waals surface area contributed by atoms with Gasteiger partial charge in [-0.05, 0) is 66.0 Å². The highest BCUT2D eigenvalue weighted by molar-refractivity contribution is 5.88. The standard InChI is InChI=1S/C56H58N12O6/c1-56(74-54(57)71,28-44-34-66(36-61-44)32-38-13-7-4-8-14-38)53(70)68-26-10-16-49(68)51-59-30-47(63-51)42-23-19-40(20-24-42)39-17-21-41(22-18-39)46-29-58-50(62-46)48-15-9-25-67(48)52(69)45(64-55(72)73-2)27-43-33-65(35-60-43)31-37-11-5-3-6-12-37/h3-8,11-14,17-24,29-30,33-36,45,48-49H,9-10,15-16,25-28,31-32H2,1-2H3,(H2,57,71)(H,58,62)(H,59,63)(H,64,72)/t45-,48?,49-,56-/m0/s1. The van der Waals surface area contributed by atoms with Gasteiger partial charge in [0.2, 0.25) is 5.91 Å². The second-order valence-corrected chi connectivity index (χ2v) is 19.1. The van der Waals surface area contributed by atoms with E-state index in [9.17, 15) is 19.2 Å². The fourth-order valence-electron chi connectivity index (χ4n) is 10.2. The number of aromatic amines is 2. The average molecular weight is 995 g/mol. The number of benzene rings is 4. The molecule has 5 N–H and O–H groups in total. The fraction of sp³-hybridized carbons (Fsp3) is 0.286. The van der Waals surface area contributed by atoms with Crippen molar-refractivity contribution >= 4 is 24.0 Å². The summed E-state index contributed by atoms with van der Waals surface area (Å²) < 4.78 is 14.4. The first kappa shape index (κ1) is 48.8. The second-order valence-electron chi connectivity index (χ2n) is 19.1. The Morgan fingerprint density at radius 3 is 1.69 bits per heavy atom. The highest BCUT2D eigenvalue weighted by Gasteiger charge is 2.45. The third kappa shape index (κ3) is 11.0. The Kier molecular flexibility index (Phi) is 14.2. The number of alkyl carbamates (subject to hydrolysis) is 1. The smallest absolute Gasteiger partial charge is 0.407 e. The van der Waals surface area contributed by atoms with Gasteiger partial charge in [0.25, 0.3) is 5.91 Å². The van der Waals surface area contributed by atoms with Crippen LogP contribution >= 0.6 is 0 Å². The maximum Gasteiger partial charge on any atom is 0.407 e. The van der Waals surface area contributed by atoms with E-state index in [4.69, 9.17) is 25.2 Å². The van der Waals surface area contributed by atoms with Gasteiger partial charge in [0, 0.05) is 51.4 Å². The first-order chi connectivity index (χ1) is 36.0. The fourth-order valence-corrected chi connectivity index (χ4v) is 10.2. The molecule has 2 saturated heterocycles. The van der Waals surface area contributed by atoms with Crippen molar-refractivity contribution in [2.24, 2.45) is 5.73 Å².